The van der Waals surface area contributed by atoms with Gasteiger partial charge in [-0.15, -0.1) is 0 Å². The van der Waals surface area contributed by atoms with Crippen LogP contribution in [-0.4, -0.2) is 82.9 Å². The third-order valence-electron chi connectivity index (χ3n) is 20.0. The van der Waals surface area contributed by atoms with E-state index in [9.17, 15) is 34.2 Å². The molecule has 10 nitrogen and oxygen atoms in total. The molecule has 101 heavy (non-hydrogen) atoms. The predicted octanol–water partition coefficient (Wildman–Crippen LogP) is 28.6. The van der Waals surface area contributed by atoms with Gasteiger partial charge in [0.15, 0.2) is 0 Å². The molecule has 0 atom stereocenters. The van der Waals surface area contributed by atoms with Crippen molar-refractivity contribution in [1.82, 2.24) is 0 Å². The summed E-state index contributed by atoms with van der Waals surface area (Å²) in [6.45, 7) is 11.3. The largest absolute Gasteiger partial charge is 2.00 e. The normalized spacial score (nSPS) is 10.7. The van der Waals surface area contributed by atoms with Gasteiger partial charge in [0, 0.05) is 31.2 Å². The molecular formula is C90H178CaO10. The van der Waals surface area contributed by atoms with E-state index in [-0.39, 0.29) is 50.6 Å². The third kappa shape index (κ3) is 132. The second kappa shape index (κ2) is 107. The SMILES string of the molecule is CCCCCCCCCCCCCCCCCC(=O)O.CCCCCCCCCCCCCCCCCC(=O)O.CCCCCCCCCCCCCCCCCC(=O)O.CCCCCCCCCCCCCCCCCC(=O)[O-].CCCCCCCCCCCCCCCCCC(=O)[O-].[Ca+2]. The first-order valence-electron chi connectivity index (χ1n) is 44.9. The van der Waals surface area contributed by atoms with Crippen molar-refractivity contribution in [2.24, 2.45) is 0 Å². The molecule has 0 aromatic carbocycles. The number of carboxylic acids is 5. The van der Waals surface area contributed by atoms with E-state index in [0.29, 0.717) is 19.3 Å². The monoisotopic (exact) mass is 1460 g/mol. The average molecular weight is 1460 g/mol. The molecule has 0 fully saturated rings. The van der Waals surface area contributed by atoms with Gasteiger partial charge in [0.2, 0.25) is 0 Å². The fourth-order valence-electron chi connectivity index (χ4n) is 13.2. The summed E-state index contributed by atoms with van der Waals surface area (Å²) < 4.78 is 0. The zero-order valence-electron chi connectivity index (χ0n) is 69.0. The van der Waals surface area contributed by atoms with Gasteiger partial charge >= 0.3 is 55.6 Å². The van der Waals surface area contributed by atoms with E-state index in [0.717, 1.165) is 64.2 Å². The van der Waals surface area contributed by atoms with Crippen molar-refractivity contribution < 1.29 is 49.5 Å². The molecule has 0 aromatic rings. The van der Waals surface area contributed by atoms with Gasteiger partial charge < -0.3 is 35.1 Å². The van der Waals surface area contributed by atoms with Gasteiger partial charge in [-0.25, -0.2) is 0 Å². The molecule has 0 saturated carbocycles. The Morgan fingerprint density at radius 1 is 0.158 bits per heavy atom. The number of rotatable bonds is 80. The first-order valence-corrected chi connectivity index (χ1v) is 44.9. The fraction of sp³-hybridized carbons (Fsp3) is 0.944. The molecule has 0 saturated heterocycles. The number of carbonyl (C=O) groups is 5. The Hall–Kier alpha value is -1.39. The molecule has 0 aliphatic carbocycles. The van der Waals surface area contributed by atoms with Crippen molar-refractivity contribution in [2.45, 2.75) is 548 Å². The summed E-state index contributed by atoms with van der Waals surface area (Å²) in [5.74, 6) is -3.77. The minimum Gasteiger partial charge on any atom is -0.550 e. The van der Waals surface area contributed by atoms with Crippen LogP contribution in [-0.2, 0) is 24.0 Å². The minimum atomic E-state index is -0.903. The molecule has 0 aromatic heterocycles. The Labute approximate surface area is 660 Å². The van der Waals surface area contributed by atoms with Crippen molar-refractivity contribution in [3.8, 4) is 0 Å². The van der Waals surface area contributed by atoms with Crippen molar-refractivity contribution in [3.05, 3.63) is 0 Å². The number of carbonyl (C=O) groups excluding carboxylic acids is 2. The zero-order valence-corrected chi connectivity index (χ0v) is 71.2. The van der Waals surface area contributed by atoms with E-state index < -0.39 is 29.8 Å². The molecule has 0 spiro atoms. The van der Waals surface area contributed by atoms with Gasteiger partial charge in [0.05, 0.1) is 0 Å². The zero-order chi connectivity index (χ0) is 74.5. The maximum absolute atomic E-state index is 10.3. The van der Waals surface area contributed by atoms with E-state index in [2.05, 4.69) is 34.6 Å². The molecule has 0 rings (SSSR count). The van der Waals surface area contributed by atoms with Crippen LogP contribution in [0.4, 0.5) is 0 Å². The molecule has 600 valence electrons. The second-order valence-electron chi connectivity index (χ2n) is 30.4. The molecule has 0 aliphatic rings. The Morgan fingerprint density at radius 2 is 0.238 bits per heavy atom. The smallest absolute Gasteiger partial charge is 0.550 e. The number of hydrogen-bond donors (Lipinski definition) is 3. The van der Waals surface area contributed by atoms with E-state index in [1.54, 1.807) is 0 Å². The van der Waals surface area contributed by atoms with Crippen LogP contribution in [0.1, 0.15) is 548 Å². The van der Waals surface area contributed by atoms with Crippen LogP contribution in [0.25, 0.3) is 0 Å². The third-order valence-corrected chi connectivity index (χ3v) is 20.0. The Bertz CT molecular complexity index is 1270. The maximum Gasteiger partial charge on any atom is 2.00 e. The molecule has 0 heterocycles. The van der Waals surface area contributed by atoms with Crippen LogP contribution in [0.15, 0.2) is 0 Å². The summed E-state index contributed by atoms with van der Waals surface area (Å²) in [5, 5.41) is 46.0. The summed E-state index contributed by atoms with van der Waals surface area (Å²) in [4.78, 5) is 51.4. The molecule has 0 aliphatic heterocycles. The number of unbranched alkanes of at least 4 members (excludes halogenated alkanes) is 70. The molecule has 0 bridgehead atoms. The Kier molecular flexibility index (Phi) is 117. The summed E-state index contributed by atoms with van der Waals surface area (Å²) >= 11 is 0. The summed E-state index contributed by atoms with van der Waals surface area (Å²) in [5.41, 5.74) is 0. The maximum atomic E-state index is 10.3. The standard InChI is InChI=1S/5C18H36O2.Ca/c5*1-2-3-4-5-6-7-8-9-10-11-12-13-14-15-16-17-18(19)20;/h5*2-17H2,1H3,(H,19,20);/q;;;;;+2/p-2. The van der Waals surface area contributed by atoms with E-state index in [1.165, 1.54) is 417 Å². The number of hydrogen-bond acceptors (Lipinski definition) is 7. The number of carboxylic acid groups (broad SMARTS) is 5. The van der Waals surface area contributed by atoms with E-state index in [1.807, 2.05) is 0 Å². The van der Waals surface area contributed by atoms with Gasteiger partial charge in [-0.1, -0.05) is 484 Å². The van der Waals surface area contributed by atoms with Crippen LogP contribution < -0.4 is 10.2 Å². The molecule has 3 N–H and O–H groups in total. The quantitative estimate of drug-likeness (QED) is 0.0390. The summed E-state index contributed by atoms with van der Waals surface area (Å²) in [6.07, 6.45) is 100. The topological polar surface area (TPSA) is 192 Å². The second-order valence-corrected chi connectivity index (χ2v) is 30.4. The van der Waals surface area contributed by atoms with Crippen LogP contribution in [0.5, 0.6) is 0 Å². The molecule has 0 amide bonds. The fourth-order valence-corrected chi connectivity index (χ4v) is 13.2. The molecule has 0 radical (unpaired) electrons. The van der Waals surface area contributed by atoms with Crippen LogP contribution in [0, 0.1) is 0 Å². The molecule has 11 heteroatoms. The Morgan fingerprint density at radius 3 is 0.317 bits per heavy atom. The van der Waals surface area contributed by atoms with E-state index >= 15 is 0 Å². The van der Waals surface area contributed by atoms with Crippen molar-refractivity contribution in [2.75, 3.05) is 0 Å². The Balaban J connectivity index is -0.000000279. The van der Waals surface area contributed by atoms with Crippen molar-refractivity contribution in [3.63, 3.8) is 0 Å². The van der Waals surface area contributed by atoms with Crippen LogP contribution in [0.2, 0.25) is 0 Å². The first-order chi connectivity index (χ1) is 48.9. The van der Waals surface area contributed by atoms with Gasteiger partial charge in [-0.3, -0.25) is 14.4 Å². The van der Waals surface area contributed by atoms with Gasteiger partial charge in [0.1, 0.15) is 0 Å². The van der Waals surface area contributed by atoms with Gasteiger partial charge in [-0.2, -0.15) is 0 Å². The average Bonchev–Trinajstić information content (AvgIpc) is 3.67. The minimum absolute atomic E-state index is 0. The van der Waals surface area contributed by atoms with Crippen LogP contribution >= 0.6 is 0 Å². The number of aliphatic carboxylic acids is 5. The van der Waals surface area contributed by atoms with E-state index in [4.69, 9.17) is 15.3 Å². The van der Waals surface area contributed by atoms with Crippen molar-refractivity contribution >= 4 is 67.6 Å². The molecular weight excluding hydrogens is 1280 g/mol. The summed E-state index contributed by atoms with van der Waals surface area (Å²) in [7, 11) is 0. The predicted molar refractivity (Wildman–Crippen MR) is 436 cm³/mol. The first kappa shape index (κ1) is 111. The summed E-state index contributed by atoms with van der Waals surface area (Å²) in [6, 6.07) is 0. The van der Waals surface area contributed by atoms with Gasteiger partial charge in [0.25, 0.3) is 0 Å². The van der Waals surface area contributed by atoms with Crippen molar-refractivity contribution in [1.29, 1.82) is 0 Å². The van der Waals surface area contributed by atoms with Gasteiger partial charge in [-0.05, 0) is 44.9 Å². The van der Waals surface area contributed by atoms with Crippen LogP contribution in [0.3, 0.4) is 0 Å². The molecule has 0 unspecified atom stereocenters.